The highest BCUT2D eigenvalue weighted by molar-refractivity contribution is 5.85. The maximum atomic E-state index is 12.7. The molecule has 20 heavy (non-hydrogen) atoms. The topological polar surface area (TPSA) is 46.3 Å². The normalized spacial score (nSPS) is 27.1. The Morgan fingerprint density at radius 1 is 1.05 bits per heavy atom. The van der Waals surface area contributed by atoms with Crippen molar-refractivity contribution in [2.45, 2.75) is 70.8 Å². The van der Waals surface area contributed by atoms with Crippen LogP contribution in [-0.2, 0) is 4.79 Å². The van der Waals surface area contributed by atoms with Crippen molar-refractivity contribution in [2.24, 2.45) is 17.6 Å². The third-order valence-corrected chi connectivity index (χ3v) is 4.97. The molecule has 3 nitrogen and oxygen atoms in total. The Hall–Kier alpha value is -0.280. The van der Waals surface area contributed by atoms with Crippen molar-refractivity contribution in [1.82, 2.24) is 4.90 Å². The standard InChI is InChI=1S/C16H30N2O.ClH/c1-13(17)15-10-7-11-18(12-15)16(19)14-8-5-3-2-4-6-9-14;/h13-15H,2-12,17H2,1H3;1H. The van der Waals surface area contributed by atoms with Gasteiger partial charge in [0.15, 0.2) is 0 Å². The van der Waals surface area contributed by atoms with Crippen LogP contribution in [0.4, 0.5) is 0 Å². The van der Waals surface area contributed by atoms with Gasteiger partial charge in [0.05, 0.1) is 0 Å². The van der Waals surface area contributed by atoms with Gasteiger partial charge < -0.3 is 10.6 Å². The fraction of sp³-hybridized carbons (Fsp3) is 0.938. The van der Waals surface area contributed by atoms with Crippen molar-refractivity contribution >= 4 is 18.3 Å². The van der Waals surface area contributed by atoms with Crippen LogP contribution in [0.25, 0.3) is 0 Å². The lowest BCUT2D eigenvalue weighted by Crippen LogP contribution is -2.47. The summed E-state index contributed by atoms with van der Waals surface area (Å²) in [5, 5.41) is 0. The van der Waals surface area contributed by atoms with E-state index in [0.717, 1.165) is 32.4 Å². The number of likely N-dealkylation sites (tertiary alicyclic amines) is 1. The summed E-state index contributed by atoms with van der Waals surface area (Å²) in [7, 11) is 0. The molecule has 0 aromatic carbocycles. The third kappa shape index (κ3) is 4.92. The van der Waals surface area contributed by atoms with E-state index >= 15 is 0 Å². The highest BCUT2D eigenvalue weighted by atomic mass is 35.5. The second-order valence-corrected chi connectivity index (χ2v) is 6.59. The van der Waals surface area contributed by atoms with Gasteiger partial charge in [0.1, 0.15) is 0 Å². The molecule has 1 aliphatic heterocycles. The maximum Gasteiger partial charge on any atom is 0.225 e. The molecule has 0 aromatic heterocycles. The Labute approximate surface area is 130 Å². The monoisotopic (exact) mass is 302 g/mol. The third-order valence-electron chi connectivity index (χ3n) is 4.97. The van der Waals surface area contributed by atoms with Crippen LogP contribution in [0.5, 0.6) is 0 Å². The van der Waals surface area contributed by atoms with Crippen LogP contribution in [0.1, 0.15) is 64.7 Å². The maximum absolute atomic E-state index is 12.7. The van der Waals surface area contributed by atoms with E-state index in [2.05, 4.69) is 11.8 Å². The van der Waals surface area contributed by atoms with Gasteiger partial charge in [0, 0.05) is 25.0 Å². The van der Waals surface area contributed by atoms with E-state index in [1.165, 1.54) is 38.5 Å². The molecule has 0 spiro atoms. The quantitative estimate of drug-likeness (QED) is 0.850. The number of rotatable bonds is 2. The first kappa shape index (κ1) is 17.8. The van der Waals surface area contributed by atoms with Gasteiger partial charge in [0.25, 0.3) is 0 Å². The number of carbonyl (C=O) groups excluding carboxylic acids is 1. The minimum Gasteiger partial charge on any atom is -0.342 e. The van der Waals surface area contributed by atoms with Crippen LogP contribution >= 0.6 is 12.4 Å². The molecule has 1 saturated heterocycles. The van der Waals surface area contributed by atoms with Crippen molar-refractivity contribution in [3.05, 3.63) is 0 Å². The summed E-state index contributed by atoms with van der Waals surface area (Å²) in [6.45, 7) is 3.93. The fourth-order valence-corrected chi connectivity index (χ4v) is 3.60. The molecule has 2 aliphatic rings. The van der Waals surface area contributed by atoms with E-state index in [-0.39, 0.29) is 18.4 Å². The average molecular weight is 303 g/mol. The smallest absolute Gasteiger partial charge is 0.225 e. The van der Waals surface area contributed by atoms with E-state index in [1.807, 2.05) is 0 Å². The largest absolute Gasteiger partial charge is 0.342 e. The highest BCUT2D eigenvalue weighted by Gasteiger charge is 2.29. The summed E-state index contributed by atoms with van der Waals surface area (Å²) in [6, 6.07) is 0.216. The molecule has 2 N–H and O–H groups in total. The summed E-state index contributed by atoms with van der Waals surface area (Å²) < 4.78 is 0. The molecule has 0 aromatic rings. The Morgan fingerprint density at radius 2 is 1.65 bits per heavy atom. The van der Waals surface area contributed by atoms with Crippen molar-refractivity contribution in [1.29, 1.82) is 0 Å². The molecule has 2 rings (SSSR count). The minimum absolute atomic E-state index is 0. The molecule has 1 heterocycles. The second-order valence-electron chi connectivity index (χ2n) is 6.59. The van der Waals surface area contributed by atoms with Crippen LogP contribution in [0.15, 0.2) is 0 Å². The molecule has 2 unspecified atom stereocenters. The number of nitrogens with two attached hydrogens (primary N) is 1. The molecule has 0 radical (unpaired) electrons. The molecule has 2 fully saturated rings. The summed E-state index contributed by atoms with van der Waals surface area (Å²) >= 11 is 0. The summed E-state index contributed by atoms with van der Waals surface area (Å²) in [4.78, 5) is 14.8. The van der Waals surface area contributed by atoms with Gasteiger partial charge in [-0.05, 0) is 38.5 Å². The number of halogens is 1. The molecule has 1 aliphatic carbocycles. The number of nitrogens with zero attached hydrogens (tertiary/aromatic N) is 1. The summed E-state index contributed by atoms with van der Waals surface area (Å²) in [6.07, 6.45) is 11.0. The van der Waals surface area contributed by atoms with Crippen molar-refractivity contribution < 1.29 is 4.79 Å². The lowest BCUT2D eigenvalue weighted by atomic mass is 9.87. The average Bonchev–Trinajstić information content (AvgIpc) is 2.38. The Balaban J connectivity index is 0.00000200. The molecule has 0 bridgehead atoms. The van der Waals surface area contributed by atoms with Gasteiger partial charge >= 0.3 is 0 Å². The Bertz CT molecular complexity index is 288. The van der Waals surface area contributed by atoms with E-state index < -0.39 is 0 Å². The first-order valence-corrected chi connectivity index (χ1v) is 8.23. The molecule has 118 valence electrons. The van der Waals surface area contributed by atoms with Crippen molar-refractivity contribution in [3.63, 3.8) is 0 Å². The van der Waals surface area contributed by atoms with Crippen LogP contribution in [-0.4, -0.2) is 29.9 Å². The Kier molecular flexibility index (Phi) is 7.90. The summed E-state index contributed by atoms with van der Waals surface area (Å²) in [5.74, 6) is 1.23. The number of hydrogen-bond acceptors (Lipinski definition) is 2. The molecule has 2 atom stereocenters. The van der Waals surface area contributed by atoms with E-state index in [1.54, 1.807) is 0 Å². The lowest BCUT2D eigenvalue weighted by molar-refractivity contribution is -0.138. The van der Waals surface area contributed by atoms with Gasteiger partial charge in [-0.1, -0.05) is 32.1 Å². The molecule has 1 saturated carbocycles. The number of hydrogen-bond donors (Lipinski definition) is 1. The fourth-order valence-electron chi connectivity index (χ4n) is 3.60. The number of amides is 1. The van der Waals surface area contributed by atoms with Crippen LogP contribution in [0.2, 0.25) is 0 Å². The predicted octanol–water partition coefficient (Wildman–Crippen LogP) is 3.35. The SMILES string of the molecule is CC(N)C1CCCN(C(=O)C2CCCCCCC2)C1.Cl. The van der Waals surface area contributed by atoms with Gasteiger partial charge in [-0.3, -0.25) is 4.79 Å². The number of carbonyl (C=O) groups is 1. The van der Waals surface area contributed by atoms with E-state index in [9.17, 15) is 4.79 Å². The zero-order chi connectivity index (χ0) is 13.7. The van der Waals surface area contributed by atoms with Crippen molar-refractivity contribution in [3.8, 4) is 0 Å². The van der Waals surface area contributed by atoms with Gasteiger partial charge in [-0.2, -0.15) is 0 Å². The van der Waals surface area contributed by atoms with Gasteiger partial charge in [-0.15, -0.1) is 12.4 Å². The van der Waals surface area contributed by atoms with Gasteiger partial charge in [0.2, 0.25) is 5.91 Å². The van der Waals surface area contributed by atoms with E-state index in [4.69, 9.17) is 5.73 Å². The zero-order valence-electron chi connectivity index (χ0n) is 12.9. The van der Waals surface area contributed by atoms with Gasteiger partial charge in [-0.25, -0.2) is 0 Å². The zero-order valence-corrected chi connectivity index (χ0v) is 13.7. The first-order chi connectivity index (χ1) is 9.18. The van der Waals surface area contributed by atoms with Crippen LogP contribution in [0.3, 0.4) is 0 Å². The first-order valence-electron chi connectivity index (χ1n) is 8.23. The predicted molar refractivity (Wildman–Crippen MR) is 86.0 cm³/mol. The second kappa shape index (κ2) is 8.89. The minimum atomic E-state index is 0. The summed E-state index contributed by atoms with van der Waals surface area (Å²) in [5.41, 5.74) is 6.02. The molecule has 4 heteroatoms. The molecular weight excluding hydrogens is 272 g/mol. The van der Waals surface area contributed by atoms with E-state index in [0.29, 0.717) is 17.7 Å². The molecular formula is C16H31ClN2O. The van der Waals surface area contributed by atoms with Crippen molar-refractivity contribution in [2.75, 3.05) is 13.1 Å². The number of piperidine rings is 1. The highest BCUT2D eigenvalue weighted by Crippen LogP contribution is 2.26. The van der Waals surface area contributed by atoms with Crippen LogP contribution < -0.4 is 5.73 Å². The molecule has 1 amide bonds. The van der Waals surface area contributed by atoms with Crippen LogP contribution in [0, 0.1) is 11.8 Å². The Morgan fingerprint density at radius 3 is 2.25 bits per heavy atom. The lowest BCUT2D eigenvalue weighted by Gasteiger charge is -2.37.